The van der Waals surface area contributed by atoms with Crippen LogP contribution in [0, 0.1) is 5.41 Å². The maximum atomic E-state index is 12.8. The van der Waals surface area contributed by atoms with Gasteiger partial charge in [0.1, 0.15) is 17.5 Å². The number of benzene rings is 2. The molecule has 1 amide bonds. The number of amides is 1. The maximum absolute atomic E-state index is 12.8. The normalized spacial score (nSPS) is 14.4. The van der Waals surface area contributed by atoms with Gasteiger partial charge in [-0.2, -0.15) is 0 Å². The topological polar surface area (TPSA) is 125 Å². The lowest BCUT2D eigenvalue weighted by atomic mass is 10.1. The summed E-state index contributed by atoms with van der Waals surface area (Å²) in [5, 5.41) is 14.1. The van der Waals surface area contributed by atoms with Crippen LogP contribution in [0.25, 0.3) is 11.0 Å². The number of anilines is 2. The lowest BCUT2D eigenvalue weighted by Crippen LogP contribution is -2.42. The molecule has 1 saturated heterocycles. The fourth-order valence-corrected chi connectivity index (χ4v) is 4.95. The van der Waals surface area contributed by atoms with Crippen LogP contribution in [0.1, 0.15) is 29.8 Å². The summed E-state index contributed by atoms with van der Waals surface area (Å²) in [6, 6.07) is 19.9. The van der Waals surface area contributed by atoms with Crippen molar-refractivity contribution < 1.29 is 4.79 Å². The minimum absolute atomic E-state index is 0.00866. The van der Waals surface area contributed by atoms with Gasteiger partial charge in [-0.1, -0.05) is 30.3 Å². The largest absolute Gasteiger partial charge is 0.384 e. The van der Waals surface area contributed by atoms with Crippen LogP contribution < -0.4 is 16.4 Å². The molecule has 3 heterocycles. The van der Waals surface area contributed by atoms with E-state index < -0.39 is 0 Å². The van der Waals surface area contributed by atoms with E-state index in [0.29, 0.717) is 12.6 Å². The molecule has 0 saturated carbocycles. The summed E-state index contributed by atoms with van der Waals surface area (Å²) >= 11 is 0. The number of pyridine rings is 1. The van der Waals surface area contributed by atoms with Crippen LogP contribution in [0.3, 0.4) is 0 Å². The van der Waals surface area contributed by atoms with Crippen LogP contribution in [0.2, 0.25) is 0 Å². The number of fused-ring (bicyclic) bond motifs is 1. The molecule has 2 aromatic heterocycles. The van der Waals surface area contributed by atoms with E-state index in [-0.39, 0.29) is 11.7 Å². The van der Waals surface area contributed by atoms with E-state index in [1.54, 1.807) is 6.20 Å². The molecule has 2 aromatic carbocycles. The van der Waals surface area contributed by atoms with E-state index >= 15 is 0 Å². The molecule has 5 N–H and O–H groups in total. The molecule has 4 aromatic rings. The lowest BCUT2D eigenvalue weighted by Gasteiger charge is -2.32. The number of carbonyl (C=O) groups is 1. The molecule has 9 nitrogen and oxygen atoms in total. The maximum Gasteiger partial charge on any atom is 0.238 e. The Morgan fingerprint density at radius 2 is 1.87 bits per heavy atom. The monoisotopic (exact) mass is 510 g/mol. The van der Waals surface area contributed by atoms with Crippen molar-refractivity contribution in [1.82, 2.24) is 19.4 Å². The number of carbonyl (C=O) groups excluding carboxylic acids is 1. The van der Waals surface area contributed by atoms with Crippen LogP contribution >= 0.6 is 0 Å². The van der Waals surface area contributed by atoms with Crippen molar-refractivity contribution in [1.29, 1.82) is 5.41 Å². The Morgan fingerprint density at radius 1 is 1.08 bits per heavy atom. The summed E-state index contributed by atoms with van der Waals surface area (Å²) in [6.07, 6.45) is 5.38. The zero-order valence-electron chi connectivity index (χ0n) is 21.7. The van der Waals surface area contributed by atoms with Gasteiger partial charge in [-0.05, 0) is 55.2 Å². The van der Waals surface area contributed by atoms with Crippen LogP contribution in [-0.4, -0.2) is 56.9 Å². The number of aromatic nitrogens is 3. The van der Waals surface area contributed by atoms with Crippen molar-refractivity contribution in [2.45, 2.75) is 31.7 Å². The standard InChI is InChI=1S/C29H34N8O/c1-36-25-11-10-23(18-24(25)35-27(36)12-7-20-5-8-21(9-6-20)29(30)31)34-28(38)19-37-16-13-22(14-17-37)33-26-4-2-3-15-32-26/h2-6,8-11,15,18,22H,7,12-14,16-17,19H2,1H3,(H3,30,31)(H,32,33)(H,34,38). The SMILES string of the molecule is Cn1c(CCc2ccc(C(=N)N)cc2)nc2cc(NC(=O)CN3CCC(Nc4ccccn4)CC3)ccc21. The van der Waals surface area contributed by atoms with Crippen LogP contribution in [0.15, 0.2) is 66.9 Å². The number of rotatable bonds is 9. The third-order valence-electron chi connectivity index (χ3n) is 7.13. The molecule has 196 valence electrons. The minimum Gasteiger partial charge on any atom is -0.384 e. The summed E-state index contributed by atoms with van der Waals surface area (Å²) in [5.74, 6) is 1.96. The van der Waals surface area contributed by atoms with Gasteiger partial charge in [0.15, 0.2) is 0 Å². The van der Waals surface area contributed by atoms with E-state index in [4.69, 9.17) is 16.1 Å². The summed E-state index contributed by atoms with van der Waals surface area (Å²) in [7, 11) is 2.02. The van der Waals surface area contributed by atoms with Gasteiger partial charge in [0.25, 0.3) is 0 Å². The zero-order chi connectivity index (χ0) is 26.5. The number of likely N-dealkylation sites (tertiary alicyclic amines) is 1. The Balaban J connectivity index is 1.13. The molecule has 0 spiro atoms. The Bertz CT molecular complexity index is 1410. The second-order valence-electron chi connectivity index (χ2n) is 9.86. The van der Waals surface area contributed by atoms with E-state index in [1.807, 2.05) is 67.7 Å². The number of aryl methyl sites for hydroxylation is 3. The molecule has 0 unspecified atom stereocenters. The Labute approximate surface area is 222 Å². The number of amidine groups is 1. The first-order valence-electron chi connectivity index (χ1n) is 13.0. The minimum atomic E-state index is -0.00866. The number of nitrogen functional groups attached to an aromatic ring is 1. The molecule has 0 radical (unpaired) electrons. The first-order chi connectivity index (χ1) is 18.4. The van der Waals surface area contributed by atoms with Gasteiger partial charge in [-0.25, -0.2) is 9.97 Å². The number of imidazole rings is 1. The molecule has 1 aliphatic heterocycles. The average molecular weight is 511 g/mol. The van der Waals surface area contributed by atoms with Crippen LogP contribution in [0.4, 0.5) is 11.5 Å². The summed E-state index contributed by atoms with van der Waals surface area (Å²) in [5.41, 5.74) is 10.1. The molecule has 38 heavy (non-hydrogen) atoms. The molecule has 1 fully saturated rings. The molecule has 0 bridgehead atoms. The Morgan fingerprint density at radius 3 is 2.58 bits per heavy atom. The van der Waals surface area contributed by atoms with Gasteiger partial charge < -0.3 is 20.9 Å². The fraction of sp³-hybridized carbons (Fsp3) is 0.310. The third-order valence-corrected chi connectivity index (χ3v) is 7.13. The van der Waals surface area contributed by atoms with Gasteiger partial charge in [0, 0.05) is 50.0 Å². The van der Waals surface area contributed by atoms with Crippen LogP contribution in [-0.2, 0) is 24.7 Å². The van der Waals surface area contributed by atoms with Gasteiger partial charge in [0.2, 0.25) is 5.91 Å². The molecule has 5 rings (SSSR count). The highest BCUT2D eigenvalue weighted by atomic mass is 16.2. The summed E-state index contributed by atoms with van der Waals surface area (Å²) < 4.78 is 2.11. The quantitative estimate of drug-likeness (QED) is 0.202. The van der Waals surface area contributed by atoms with Gasteiger partial charge in [0.05, 0.1) is 17.6 Å². The highest BCUT2D eigenvalue weighted by Crippen LogP contribution is 2.21. The first kappa shape index (κ1) is 25.4. The predicted octanol–water partition coefficient (Wildman–Crippen LogP) is 3.55. The van der Waals surface area contributed by atoms with Crippen molar-refractivity contribution in [2.24, 2.45) is 12.8 Å². The molecular weight excluding hydrogens is 476 g/mol. The fourth-order valence-electron chi connectivity index (χ4n) is 4.95. The Hall–Kier alpha value is -4.24. The zero-order valence-corrected chi connectivity index (χ0v) is 21.7. The van der Waals surface area contributed by atoms with Crippen molar-refractivity contribution in [3.63, 3.8) is 0 Å². The highest BCUT2D eigenvalue weighted by molar-refractivity contribution is 5.95. The van der Waals surface area contributed by atoms with E-state index in [1.165, 1.54) is 5.56 Å². The molecular formula is C29H34N8O. The van der Waals surface area contributed by atoms with Crippen molar-refractivity contribution >= 4 is 34.3 Å². The van der Waals surface area contributed by atoms with E-state index in [9.17, 15) is 4.79 Å². The third kappa shape index (κ3) is 6.18. The van der Waals surface area contributed by atoms with E-state index in [0.717, 1.165) is 72.7 Å². The average Bonchev–Trinajstić information content (AvgIpc) is 3.24. The highest BCUT2D eigenvalue weighted by Gasteiger charge is 2.21. The van der Waals surface area contributed by atoms with Crippen molar-refractivity contribution in [2.75, 3.05) is 30.3 Å². The first-order valence-corrected chi connectivity index (χ1v) is 13.0. The van der Waals surface area contributed by atoms with Gasteiger partial charge >= 0.3 is 0 Å². The van der Waals surface area contributed by atoms with Gasteiger partial charge in [-0.15, -0.1) is 0 Å². The number of hydrogen-bond donors (Lipinski definition) is 4. The lowest BCUT2D eigenvalue weighted by molar-refractivity contribution is -0.117. The number of nitrogens with two attached hydrogens (primary N) is 1. The molecule has 0 atom stereocenters. The second kappa shape index (κ2) is 11.4. The number of nitrogens with zero attached hydrogens (tertiary/aromatic N) is 4. The summed E-state index contributed by atoms with van der Waals surface area (Å²) in [4.78, 5) is 24.1. The number of nitrogens with one attached hydrogen (secondary N) is 3. The van der Waals surface area contributed by atoms with E-state index in [2.05, 4.69) is 25.1 Å². The number of piperidine rings is 1. The molecule has 9 heteroatoms. The summed E-state index contributed by atoms with van der Waals surface area (Å²) in [6.45, 7) is 2.13. The second-order valence-corrected chi connectivity index (χ2v) is 9.86. The molecule has 1 aliphatic rings. The smallest absolute Gasteiger partial charge is 0.238 e. The van der Waals surface area contributed by atoms with Crippen molar-refractivity contribution in [3.8, 4) is 0 Å². The van der Waals surface area contributed by atoms with Crippen molar-refractivity contribution in [3.05, 3.63) is 83.8 Å². The molecule has 0 aliphatic carbocycles. The Kier molecular flexibility index (Phi) is 7.65. The van der Waals surface area contributed by atoms with Crippen LogP contribution in [0.5, 0.6) is 0 Å². The van der Waals surface area contributed by atoms with Gasteiger partial charge in [-0.3, -0.25) is 15.1 Å². The predicted molar refractivity (Wildman–Crippen MR) is 152 cm³/mol. The number of hydrogen-bond acceptors (Lipinski definition) is 6.